The second kappa shape index (κ2) is 30.1. The molecule has 0 spiro atoms. The van der Waals surface area contributed by atoms with Gasteiger partial charge >= 0.3 is 0 Å². The number of ether oxygens (including phenoxy) is 10. The highest BCUT2D eigenvalue weighted by Crippen LogP contribution is 2.21. The second-order valence-electron chi connectivity index (χ2n) is 13.4. The number of benzene rings is 1. The predicted octanol–water partition coefficient (Wildman–Crippen LogP) is 7.50. The standard InChI is InChI=1S/C42H69NO10/c1-5-9-18-45-31-39-41(33-47-20-11-7-3)52-29-36-26-38(51-28-35-16-14-13-15-17-35)27-37(43-36)30-53-42(34-48-21-12-8-4)40(32-46-19-10-6-2)50-25-23-44-22-24-49-39/h13-17,26-27,39-42H,5-12,18-25,28-34H2,1-4H3/t39-,40-,41-,42-/m0/s1. The normalized spacial score (nSPS) is 20.8. The molecule has 0 saturated carbocycles. The first-order valence-electron chi connectivity index (χ1n) is 20.2. The fourth-order valence-corrected chi connectivity index (χ4v) is 5.43. The maximum atomic E-state index is 6.59. The van der Waals surface area contributed by atoms with Crippen molar-refractivity contribution in [2.75, 3.05) is 79.3 Å². The Morgan fingerprint density at radius 2 is 0.962 bits per heavy atom. The van der Waals surface area contributed by atoms with Crippen molar-refractivity contribution >= 4 is 0 Å². The van der Waals surface area contributed by atoms with Crippen LogP contribution in [0.5, 0.6) is 5.75 Å². The third-order valence-electron chi connectivity index (χ3n) is 8.69. The fraction of sp³-hybridized carbons (Fsp3) is 0.738. The third kappa shape index (κ3) is 20.3. The van der Waals surface area contributed by atoms with Crippen LogP contribution in [0, 0.1) is 0 Å². The van der Waals surface area contributed by atoms with Gasteiger partial charge in [-0.15, -0.1) is 0 Å². The molecule has 2 bridgehead atoms. The van der Waals surface area contributed by atoms with E-state index >= 15 is 0 Å². The number of aromatic nitrogens is 1. The van der Waals surface area contributed by atoms with Crippen molar-refractivity contribution in [1.82, 2.24) is 4.98 Å². The summed E-state index contributed by atoms with van der Waals surface area (Å²) in [4.78, 5) is 4.99. The van der Waals surface area contributed by atoms with Crippen LogP contribution >= 0.6 is 0 Å². The van der Waals surface area contributed by atoms with E-state index in [2.05, 4.69) is 27.7 Å². The highest BCUT2D eigenvalue weighted by atomic mass is 16.6. The molecule has 0 aliphatic carbocycles. The lowest BCUT2D eigenvalue weighted by Gasteiger charge is -2.29. The second-order valence-corrected chi connectivity index (χ2v) is 13.4. The molecule has 0 radical (unpaired) electrons. The smallest absolute Gasteiger partial charge is 0.123 e. The molecule has 53 heavy (non-hydrogen) atoms. The van der Waals surface area contributed by atoms with Crippen molar-refractivity contribution in [1.29, 1.82) is 0 Å². The SMILES string of the molecule is CCCCOC[C@@H]1OCCOCCO[C@@H](COCCCC)[C@H](COCCCC)OCc2cc(OCc3ccccc3)cc(n2)CO[C@H]1COCCCC. The molecule has 0 saturated heterocycles. The summed E-state index contributed by atoms with van der Waals surface area (Å²) in [6, 6.07) is 14.0. The molecule has 0 amide bonds. The molecular weight excluding hydrogens is 678 g/mol. The zero-order valence-corrected chi connectivity index (χ0v) is 33.1. The Kier molecular flexibility index (Phi) is 25.7. The van der Waals surface area contributed by atoms with Crippen molar-refractivity contribution in [2.24, 2.45) is 0 Å². The number of rotatable bonds is 23. The van der Waals surface area contributed by atoms with Gasteiger partial charge in [-0.25, -0.2) is 0 Å². The van der Waals surface area contributed by atoms with Gasteiger partial charge in [-0.3, -0.25) is 4.98 Å². The Morgan fingerprint density at radius 3 is 1.38 bits per heavy atom. The molecule has 1 aliphatic heterocycles. The topological polar surface area (TPSA) is 105 Å². The highest BCUT2D eigenvalue weighted by molar-refractivity contribution is 5.27. The number of fused-ring (bicyclic) bond motifs is 2. The van der Waals surface area contributed by atoms with Gasteiger partial charge in [0.05, 0.1) is 77.5 Å². The minimum absolute atomic E-state index is 0.225. The minimum Gasteiger partial charge on any atom is -0.489 e. The summed E-state index contributed by atoms with van der Waals surface area (Å²) in [5.74, 6) is 0.686. The van der Waals surface area contributed by atoms with Crippen molar-refractivity contribution in [3.05, 3.63) is 59.4 Å². The van der Waals surface area contributed by atoms with E-state index in [1.807, 2.05) is 42.5 Å². The van der Waals surface area contributed by atoms with E-state index in [9.17, 15) is 0 Å². The van der Waals surface area contributed by atoms with Crippen molar-refractivity contribution in [3.63, 3.8) is 0 Å². The van der Waals surface area contributed by atoms with Gasteiger partial charge in [-0.1, -0.05) is 83.7 Å². The predicted molar refractivity (Wildman–Crippen MR) is 205 cm³/mol. The van der Waals surface area contributed by atoms with Gasteiger partial charge in [-0.2, -0.15) is 0 Å². The molecule has 1 aliphatic rings. The van der Waals surface area contributed by atoms with E-state index in [4.69, 9.17) is 52.4 Å². The van der Waals surface area contributed by atoms with Crippen LogP contribution in [0.3, 0.4) is 0 Å². The van der Waals surface area contributed by atoms with Gasteiger partial charge in [-0.05, 0) is 31.2 Å². The van der Waals surface area contributed by atoms with E-state index in [1.165, 1.54) is 0 Å². The summed E-state index contributed by atoms with van der Waals surface area (Å²) in [5.41, 5.74) is 2.51. The highest BCUT2D eigenvalue weighted by Gasteiger charge is 2.27. The van der Waals surface area contributed by atoms with E-state index in [-0.39, 0.29) is 37.6 Å². The monoisotopic (exact) mass is 747 g/mol. The van der Waals surface area contributed by atoms with Crippen LogP contribution in [0.2, 0.25) is 0 Å². The lowest BCUT2D eigenvalue weighted by molar-refractivity contribution is -0.147. The summed E-state index contributed by atoms with van der Waals surface area (Å²) >= 11 is 0. The van der Waals surface area contributed by atoms with Crippen LogP contribution in [-0.4, -0.2) is 109 Å². The number of unbranched alkanes of at least 4 members (excludes halogenated alkanes) is 4. The molecule has 0 unspecified atom stereocenters. The van der Waals surface area contributed by atoms with Crippen molar-refractivity contribution < 1.29 is 47.4 Å². The van der Waals surface area contributed by atoms with E-state index in [0.717, 1.165) is 56.9 Å². The first kappa shape index (κ1) is 45.2. The molecule has 3 rings (SSSR count). The van der Waals surface area contributed by atoms with Crippen LogP contribution in [0.1, 0.15) is 96.0 Å². The van der Waals surface area contributed by atoms with E-state index in [0.29, 0.717) is 103 Å². The largest absolute Gasteiger partial charge is 0.489 e. The van der Waals surface area contributed by atoms with Crippen LogP contribution < -0.4 is 4.74 Å². The zero-order chi connectivity index (χ0) is 37.6. The van der Waals surface area contributed by atoms with Crippen LogP contribution in [0.25, 0.3) is 0 Å². The lowest BCUT2D eigenvalue weighted by atomic mass is 10.2. The van der Waals surface area contributed by atoms with Gasteiger partial charge in [0.1, 0.15) is 36.8 Å². The van der Waals surface area contributed by atoms with Gasteiger partial charge in [0.2, 0.25) is 0 Å². The number of nitrogens with zero attached hydrogens (tertiary/aromatic N) is 1. The molecule has 11 nitrogen and oxygen atoms in total. The zero-order valence-electron chi connectivity index (χ0n) is 33.1. The third-order valence-corrected chi connectivity index (χ3v) is 8.69. The average molecular weight is 748 g/mol. The summed E-state index contributed by atoms with van der Waals surface area (Å²) in [6.45, 7) is 15.2. The quantitative estimate of drug-likeness (QED) is 0.106. The first-order chi connectivity index (χ1) is 26.2. The van der Waals surface area contributed by atoms with Gasteiger partial charge in [0.25, 0.3) is 0 Å². The summed E-state index contributed by atoms with van der Waals surface area (Å²) in [6.07, 6.45) is 6.65. The maximum Gasteiger partial charge on any atom is 0.123 e. The Labute approximate surface area is 319 Å². The summed E-state index contributed by atoms with van der Waals surface area (Å²) in [5, 5.41) is 0. The minimum atomic E-state index is -0.385. The first-order valence-corrected chi connectivity index (χ1v) is 20.2. The molecule has 4 atom stereocenters. The Morgan fingerprint density at radius 1 is 0.547 bits per heavy atom. The van der Waals surface area contributed by atoms with E-state index in [1.54, 1.807) is 0 Å². The van der Waals surface area contributed by atoms with Gasteiger partial charge in [0.15, 0.2) is 0 Å². The van der Waals surface area contributed by atoms with Crippen molar-refractivity contribution in [2.45, 2.75) is 123 Å². The number of hydrogen-bond donors (Lipinski definition) is 0. The van der Waals surface area contributed by atoms with Crippen LogP contribution in [0.4, 0.5) is 0 Å². The van der Waals surface area contributed by atoms with E-state index < -0.39 is 0 Å². The van der Waals surface area contributed by atoms with Gasteiger partial charge in [0, 0.05) is 38.6 Å². The Hall–Kier alpha value is -2.19. The van der Waals surface area contributed by atoms with Crippen LogP contribution in [0.15, 0.2) is 42.5 Å². The molecule has 1 aromatic heterocycles. The Bertz CT molecular complexity index is 1080. The average Bonchev–Trinajstić information content (AvgIpc) is 3.18. The number of pyridine rings is 1. The summed E-state index contributed by atoms with van der Waals surface area (Å²) in [7, 11) is 0. The molecule has 2 heterocycles. The Balaban J connectivity index is 1.89. The number of hydrogen-bond acceptors (Lipinski definition) is 11. The maximum absolute atomic E-state index is 6.59. The molecule has 0 fully saturated rings. The molecule has 1 aromatic carbocycles. The molecular formula is C42H69NO10. The molecule has 11 heteroatoms. The van der Waals surface area contributed by atoms with Gasteiger partial charge < -0.3 is 47.4 Å². The molecule has 2 aromatic rings. The van der Waals surface area contributed by atoms with Crippen molar-refractivity contribution in [3.8, 4) is 5.75 Å². The lowest BCUT2D eigenvalue weighted by Crippen LogP contribution is -2.40. The molecule has 0 N–H and O–H groups in total. The molecule has 302 valence electrons. The fourth-order valence-electron chi connectivity index (χ4n) is 5.43. The summed E-state index contributed by atoms with van der Waals surface area (Å²) < 4.78 is 62.5. The van der Waals surface area contributed by atoms with Crippen LogP contribution in [-0.2, 0) is 62.5 Å².